The number of nitrogens with zero attached hydrogens (tertiary/aromatic N) is 2. The normalized spacial score (nSPS) is 19.5. The largest absolute Gasteiger partial charge is 0.493 e. The van der Waals surface area contributed by atoms with Crippen LogP contribution in [0.3, 0.4) is 0 Å². The second kappa shape index (κ2) is 11.5. The van der Waals surface area contributed by atoms with Gasteiger partial charge in [-0.2, -0.15) is 0 Å². The van der Waals surface area contributed by atoms with E-state index in [0.29, 0.717) is 37.8 Å². The molecule has 3 heterocycles. The van der Waals surface area contributed by atoms with Crippen LogP contribution in [0.5, 0.6) is 11.5 Å². The van der Waals surface area contributed by atoms with E-state index in [0.717, 1.165) is 24.8 Å². The highest BCUT2D eigenvalue weighted by atomic mass is 32.1. The third-order valence-corrected chi connectivity index (χ3v) is 7.42. The molecule has 0 unspecified atom stereocenters. The fourth-order valence-corrected chi connectivity index (χ4v) is 5.62. The molecule has 2 atom stereocenters. The summed E-state index contributed by atoms with van der Waals surface area (Å²) in [5, 5.41) is 5.07. The van der Waals surface area contributed by atoms with Crippen molar-refractivity contribution in [2.45, 2.75) is 57.7 Å². The number of thiophene rings is 1. The Hall–Kier alpha value is -2.78. The van der Waals surface area contributed by atoms with Crippen molar-refractivity contribution in [2.75, 3.05) is 40.0 Å². The maximum atomic E-state index is 13.7. The second-order valence-electron chi connectivity index (χ2n) is 10.3. The number of urea groups is 1. The lowest BCUT2D eigenvalue weighted by Gasteiger charge is -2.37. The average molecular weight is 516 g/mol. The third-order valence-electron chi connectivity index (χ3n) is 6.42. The summed E-state index contributed by atoms with van der Waals surface area (Å²) in [4.78, 5) is 31.6. The van der Waals surface area contributed by atoms with Gasteiger partial charge in [-0.05, 0) is 69.2 Å². The lowest BCUT2D eigenvalue weighted by Crippen LogP contribution is -2.54. The topological polar surface area (TPSA) is 80.3 Å². The second-order valence-corrected chi connectivity index (χ2v) is 11.3. The van der Waals surface area contributed by atoms with Crippen molar-refractivity contribution in [3.05, 3.63) is 46.2 Å². The summed E-state index contributed by atoms with van der Waals surface area (Å²) in [6.45, 7) is 7.78. The first-order valence-electron chi connectivity index (χ1n) is 12.6. The number of nitrogens with one attached hydrogen (secondary N) is 1. The van der Waals surface area contributed by atoms with E-state index in [1.165, 1.54) is 4.88 Å². The minimum Gasteiger partial charge on any atom is -0.493 e. The fourth-order valence-electron chi connectivity index (χ4n) is 4.69. The van der Waals surface area contributed by atoms with Gasteiger partial charge in [-0.15, -0.1) is 11.3 Å². The highest BCUT2D eigenvalue weighted by molar-refractivity contribution is 7.10. The van der Waals surface area contributed by atoms with Crippen LogP contribution in [-0.2, 0) is 16.0 Å². The Bertz CT molecular complexity index is 1040. The monoisotopic (exact) mass is 515 g/mol. The summed E-state index contributed by atoms with van der Waals surface area (Å²) in [7, 11) is 1.61. The molecule has 4 rings (SSSR count). The molecule has 1 N–H and O–H groups in total. The average Bonchev–Trinajstić information content (AvgIpc) is 3.53. The van der Waals surface area contributed by atoms with Crippen LogP contribution in [0.4, 0.5) is 4.79 Å². The first-order chi connectivity index (χ1) is 17.2. The summed E-state index contributed by atoms with van der Waals surface area (Å²) in [5.74, 6) is 1.19. The zero-order valence-electron chi connectivity index (χ0n) is 21.6. The predicted molar refractivity (Wildman–Crippen MR) is 140 cm³/mol. The molecule has 2 aliphatic heterocycles. The van der Waals surface area contributed by atoms with Crippen LogP contribution in [0.15, 0.2) is 35.7 Å². The molecule has 1 aromatic heterocycles. The van der Waals surface area contributed by atoms with Crippen molar-refractivity contribution in [1.82, 2.24) is 15.1 Å². The number of amides is 3. The van der Waals surface area contributed by atoms with Gasteiger partial charge in [-0.3, -0.25) is 4.79 Å². The molecule has 3 amide bonds. The Morgan fingerprint density at radius 1 is 1.22 bits per heavy atom. The van der Waals surface area contributed by atoms with Crippen molar-refractivity contribution in [2.24, 2.45) is 0 Å². The Labute approximate surface area is 217 Å². The van der Waals surface area contributed by atoms with Crippen LogP contribution in [-0.4, -0.2) is 73.3 Å². The minimum absolute atomic E-state index is 0.00754. The number of para-hydroxylation sites is 2. The third kappa shape index (κ3) is 6.50. The van der Waals surface area contributed by atoms with Crippen molar-refractivity contribution in [3.63, 3.8) is 0 Å². The van der Waals surface area contributed by atoms with Crippen molar-refractivity contribution >= 4 is 23.3 Å². The molecule has 9 heteroatoms. The Morgan fingerprint density at radius 3 is 2.69 bits per heavy atom. The van der Waals surface area contributed by atoms with Gasteiger partial charge in [0, 0.05) is 30.1 Å². The van der Waals surface area contributed by atoms with E-state index in [9.17, 15) is 9.59 Å². The number of fused-ring (bicyclic) bond motifs is 1. The quantitative estimate of drug-likeness (QED) is 0.569. The van der Waals surface area contributed by atoms with E-state index in [2.05, 4.69) is 16.8 Å². The molecule has 8 nitrogen and oxygen atoms in total. The Morgan fingerprint density at radius 2 is 2.00 bits per heavy atom. The SMILES string of the molecule is COc1ccccc1OC[C@@H]1c2ccsc2CCN1C(=O)CN(C[C@@H]1CCCO1)C(=O)NC(C)(C)C. The van der Waals surface area contributed by atoms with Crippen LogP contribution in [0.1, 0.15) is 50.1 Å². The van der Waals surface area contributed by atoms with Crippen LogP contribution >= 0.6 is 11.3 Å². The van der Waals surface area contributed by atoms with Gasteiger partial charge < -0.3 is 29.3 Å². The van der Waals surface area contributed by atoms with Crippen LogP contribution < -0.4 is 14.8 Å². The molecule has 0 spiro atoms. The number of ether oxygens (including phenoxy) is 3. The number of benzene rings is 1. The van der Waals surface area contributed by atoms with Crippen molar-refractivity contribution < 1.29 is 23.8 Å². The lowest BCUT2D eigenvalue weighted by atomic mass is 10.0. The van der Waals surface area contributed by atoms with E-state index in [4.69, 9.17) is 14.2 Å². The van der Waals surface area contributed by atoms with Crippen molar-refractivity contribution in [1.29, 1.82) is 0 Å². The number of hydrogen-bond acceptors (Lipinski definition) is 6. The van der Waals surface area contributed by atoms with Gasteiger partial charge in [0.25, 0.3) is 0 Å². The van der Waals surface area contributed by atoms with Gasteiger partial charge in [-0.25, -0.2) is 4.79 Å². The number of carbonyl (C=O) groups excluding carboxylic acids is 2. The van der Waals surface area contributed by atoms with E-state index in [-0.39, 0.29) is 30.6 Å². The molecule has 2 aromatic rings. The van der Waals surface area contributed by atoms with Gasteiger partial charge in [0.2, 0.25) is 5.91 Å². The smallest absolute Gasteiger partial charge is 0.318 e. The number of methoxy groups -OCH3 is 1. The molecule has 1 aromatic carbocycles. The molecule has 0 saturated carbocycles. The Kier molecular flexibility index (Phi) is 8.41. The predicted octanol–water partition coefficient (Wildman–Crippen LogP) is 4.25. The van der Waals surface area contributed by atoms with Gasteiger partial charge in [0.15, 0.2) is 11.5 Å². The van der Waals surface area contributed by atoms with E-state index in [1.807, 2.05) is 49.9 Å². The fraction of sp³-hybridized carbons (Fsp3) is 0.556. The highest BCUT2D eigenvalue weighted by Crippen LogP contribution is 2.35. The molecule has 0 bridgehead atoms. The molecule has 2 aliphatic rings. The van der Waals surface area contributed by atoms with Crippen LogP contribution in [0.25, 0.3) is 0 Å². The van der Waals surface area contributed by atoms with Crippen LogP contribution in [0.2, 0.25) is 0 Å². The summed E-state index contributed by atoms with van der Waals surface area (Å²) < 4.78 is 17.4. The number of rotatable bonds is 8. The minimum atomic E-state index is -0.406. The number of hydrogen-bond donors (Lipinski definition) is 1. The highest BCUT2D eigenvalue weighted by Gasteiger charge is 2.35. The van der Waals surface area contributed by atoms with Gasteiger partial charge in [0.05, 0.1) is 19.3 Å². The van der Waals surface area contributed by atoms with E-state index in [1.54, 1.807) is 23.3 Å². The summed E-state index contributed by atoms with van der Waals surface area (Å²) in [6, 6.07) is 9.09. The molecule has 36 heavy (non-hydrogen) atoms. The zero-order valence-corrected chi connectivity index (χ0v) is 22.4. The molecule has 1 saturated heterocycles. The summed E-state index contributed by atoms with van der Waals surface area (Å²) in [6.07, 6.45) is 2.62. The molecular formula is C27H37N3O5S. The zero-order chi connectivity index (χ0) is 25.7. The first kappa shape index (κ1) is 26.3. The van der Waals surface area contributed by atoms with Crippen molar-refractivity contribution in [3.8, 4) is 11.5 Å². The summed E-state index contributed by atoms with van der Waals surface area (Å²) >= 11 is 1.71. The summed E-state index contributed by atoms with van der Waals surface area (Å²) in [5.41, 5.74) is 0.704. The molecular weight excluding hydrogens is 478 g/mol. The lowest BCUT2D eigenvalue weighted by molar-refractivity contribution is -0.135. The number of carbonyl (C=O) groups is 2. The Balaban J connectivity index is 1.51. The molecule has 1 fully saturated rings. The maximum absolute atomic E-state index is 13.7. The van der Waals surface area contributed by atoms with Gasteiger partial charge in [0.1, 0.15) is 13.2 Å². The molecule has 0 aliphatic carbocycles. The van der Waals surface area contributed by atoms with E-state index < -0.39 is 5.54 Å². The molecule has 196 valence electrons. The van der Waals surface area contributed by atoms with Crippen LogP contribution in [0, 0.1) is 0 Å². The standard InChI is InChI=1S/C27H37N3O5S/c1-27(2,3)28-26(32)29(16-19-8-7-14-34-19)17-25(31)30-13-11-24-20(12-15-36-24)21(30)18-35-23-10-6-5-9-22(23)33-4/h5-6,9-10,12,15,19,21H,7-8,11,13-14,16-18H2,1-4H3,(H,28,32)/t19-,21+/m0/s1. The van der Waals surface area contributed by atoms with E-state index >= 15 is 0 Å². The maximum Gasteiger partial charge on any atom is 0.318 e. The first-order valence-corrected chi connectivity index (χ1v) is 13.4. The van der Waals surface area contributed by atoms with Gasteiger partial charge >= 0.3 is 6.03 Å². The van der Waals surface area contributed by atoms with Gasteiger partial charge in [-0.1, -0.05) is 12.1 Å². The molecule has 0 radical (unpaired) electrons.